The van der Waals surface area contributed by atoms with Crippen LogP contribution in [0.25, 0.3) is 0 Å². The summed E-state index contributed by atoms with van der Waals surface area (Å²) in [5.74, 6) is 0.362. The fourth-order valence-corrected chi connectivity index (χ4v) is 0.999. The Kier molecular flexibility index (Phi) is 2.70. The lowest BCUT2D eigenvalue weighted by Gasteiger charge is -1.95. The zero-order valence-electron chi connectivity index (χ0n) is 8.00. The second kappa shape index (κ2) is 3.60. The minimum Gasteiger partial charge on any atom is -0.481 e. The first-order chi connectivity index (χ1) is 6.00. The average Bonchev–Trinajstić information content (AvgIpc) is 2.31. The van der Waals surface area contributed by atoms with E-state index in [9.17, 15) is 4.79 Å². The van der Waals surface area contributed by atoms with Gasteiger partial charge in [0.05, 0.1) is 5.69 Å². The monoisotopic (exact) mass is 183 g/mol. The Balaban J connectivity index is 2.89. The van der Waals surface area contributed by atoms with E-state index < -0.39 is 5.97 Å². The van der Waals surface area contributed by atoms with Gasteiger partial charge in [-0.1, -0.05) is 13.8 Å². The molecule has 0 aliphatic heterocycles. The van der Waals surface area contributed by atoms with Gasteiger partial charge < -0.3 is 9.52 Å². The molecule has 1 rings (SSSR count). The molecule has 0 aromatic carbocycles. The molecule has 0 saturated heterocycles. The summed E-state index contributed by atoms with van der Waals surface area (Å²) in [5, 5.41) is 8.55. The van der Waals surface area contributed by atoms with E-state index in [0.29, 0.717) is 17.3 Å². The molecule has 4 nitrogen and oxygen atoms in total. The maximum Gasteiger partial charge on any atom is 0.311 e. The van der Waals surface area contributed by atoms with E-state index in [-0.39, 0.29) is 12.3 Å². The van der Waals surface area contributed by atoms with Gasteiger partial charge in [-0.15, -0.1) is 0 Å². The number of aliphatic carboxylic acids is 1. The maximum atomic E-state index is 10.4. The van der Waals surface area contributed by atoms with E-state index in [1.807, 2.05) is 13.8 Å². The molecule has 0 atom stereocenters. The highest BCUT2D eigenvalue weighted by Crippen LogP contribution is 2.17. The Morgan fingerprint density at radius 1 is 1.62 bits per heavy atom. The molecule has 0 fully saturated rings. The molecule has 0 radical (unpaired) electrons. The van der Waals surface area contributed by atoms with Crippen LogP contribution in [0.5, 0.6) is 0 Å². The number of aryl methyl sites for hydroxylation is 1. The van der Waals surface area contributed by atoms with Crippen molar-refractivity contribution >= 4 is 5.97 Å². The highest BCUT2D eigenvalue weighted by molar-refractivity contribution is 5.69. The van der Waals surface area contributed by atoms with E-state index in [0.717, 1.165) is 0 Å². The van der Waals surface area contributed by atoms with Crippen LogP contribution in [-0.2, 0) is 11.2 Å². The van der Waals surface area contributed by atoms with Crippen LogP contribution in [0.15, 0.2) is 4.42 Å². The number of carbonyl (C=O) groups is 1. The van der Waals surface area contributed by atoms with Gasteiger partial charge in [-0.2, -0.15) is 0 Å². The highest BCUT2D eigenvalue weighted by Gasteiger charge is 2.14. The third-order valence-corrected chi connectivity index (χ3v) is 1.71. The van der Waals surface area contributed by atoms with Crippen molar-refractivity contribution < 1.29 is 14.3 Å². The molecule has 72 valence electrons. The zero-order valence-corrected chi connectivity index (χ0v) is 8.00. The van der Waals surface area contributed by atoms with Crippen LogP contribution in [0, 0.1) is 6.92 Å². The van der Waals surface area contributed by atoms with E-state index >= 15 is 0 Å². The molecule has 0 aliphatic rings. The van der Waals surface area contributed by atoms with Crippen molar-refractivity contribution in [1.29, 1.82) is 0 Å². The number of carboxylic acid groups (broad SMARTS) is 1. The molecule has 0 saturated carbocycles. The number of hydrogen-bond donors (Lipinski definition) is 1. The SMILES string of the molecule is Cc1nc(C(C)C)oc1CC(=O)O. The summed E-state index contributed by atoms with van der Waals surface area (Å²) in [4.78, 5) is 14.5. The van der Waals surface area contributed by atoms with Crippen LogP contribution in [-0.4, -0.2) is 16.1 Å². The van der Waals surface area contributed by atoms with Gasteiger partial charge >= 0.3 is 5.97 Å². The van der Waals surface area contributed by atoms with Gasteiger partial charge in [0.15, 0.2) is 5.89 Å². The van der Waals surface area contributed by atoms with Crippen molar-refractivity contribution in [2.45, 2.75) is 33.1 Å². The summed E-state index contributed by atoms with van der Waals surface area (Å²) < 4.78 is 5.29. The summed E-state index contributed by atoms with van der Waals surface area (Å²) in [7, 11) is 0. The Morgan fingerprint density at radius 2 is 2.23 bits per heavy atom. The first-order valence-corrected chi connectivity index (χ1v) is 4.18. The van der Waals surface area contributed by atoms with Crippen LogP contribution in [0.2, 0.25) is 0 Å². The first kappa shape index (κ1) is 9.77. The van der Waals surface area contributed by atoms with Gasteiger partial charge in [0.2, 0.25) is 0 Å². The summed E-state index contributed by atoms with van der Waals surface area (Å²) in [6.45, 7) is 5.67. The fraction of sp³-hybridized carbons (Fsp3) is 0.556. The highest BCUT2D eigenvalue weighted by atomic mass is 16.4. The largest absolute Gasteiger partial charge is 0.481 e. The number of rotatable bonds is 3. The molecule has 0 aliphatic carbocycles. The van der Waals surface area contributed by atoms with Crippen LogP contribution in [0.3, 0.4) is 0 Å². The second-order valence-electron chi connectivity index (χ2n) is 3.29. The van der Waals surface area contributed by atoms with Gasteiger partial charge in [0.25, 0.3) is 0 Å². The van der Waals surface area contributed by atoms with E-state index in [2.05, 4.69) is 4.98 Å². The zero-order chi connectivity index (χ0) is 10.0. The van der Waals surface area contributed by atoms with Gasteiger partial charge in [-0.05, 0) is 6.92 Å². The minimum absolute atomic E-state index is 0.0917. The van der Waals surface area contributed by atoms with E-state index in [4.69, 9.17) is 9.52 Å². The molecule has 1 heterocycles. The number of oxazole rings is 1. The molecule has 13 heavy (non-hydrogen) atoms. The molecular formula is C9H13NO3. The van der Waals surface area contributed by atoms with Crippen molar-refractivity contribution in [3.05, 3.63) is 17.3 Å². The van der Waals surface area contributed by atoms with Crippen LogP contribution < -0.4 is 0 Å². The standard InChI is InChI=1S/C9H13NO3/c1-5(2)9-10-6(3)7(13-9)4-8(11)12/h5H,4H2,1-3H3,(H,11,12). The predicted molar refractivity (Wildman–Crippen MR) is 46.7 cm³/mol. The van der Waals surface area contributed by atoms with Crippen LogP contribution >= 0.6 is 0 Å². The van der Waals surface area contributed by atoms with Gasteiger partial charge in [-0.3, -0.25) is 4.79 Å². The molecule has 1 aromatic heterocycles. The molecule has 4 heteroatoms. The minimum atomic E-state index is -0.894. The van der Waals surface area contributed by atoms with Crippen molar-refractivity contribution in [1.82, 2.24) is 4.98 Å². The normalized spacial score (nSPS) is 10.8. The van der Waals surface area contributed by atoms with Gasteiger partial charge in [0, 0.05) is 5.92 Å². The average molecular weight is 183 g/mol. The van der Waals surface area contributed by atoms with Crippen molar-refractivity contribution in [3.8, 4) is 0 Å². The topological polar surface area (TPSA) is 63.3 Å². The van der Waals surface area contributed by atoms with E-state index in [1.54, 1.807) is 6.92 Å². The predicted octanol–water partition coefficient (Wildman–Crippen LogP) is 1.73. The lowest BCUT2D eigenvalue weighted by Crippen LogP contribution is -1.99. The number of nitrogens with zero attached hydrogens (tertiary/aromatic N) is 1. The Labute approximate surface area is 76.6 Å². The molecule has 0 amide bonds. The fourth-order valence-electron chi connectivity index (χ4n) is 0.999. The summed E-state index contributed by atoms with van der Waals surface area (Å²) in [6.07, 6.45) is -0.0917. The Hall–Kier alpha value is -1.32. The van der Waals surface area contributed by atoms with Crippen LogP contribution in [0.4, 0.5) is 0 Å². The lowest BCUT2D eigenvalue weighted by molar-refractivity contribution is -0.136. The van der Waals surface area contributed by atoms with Gasteiger partial charge in [0.1, 0.15) is 12.2 Å². The third kappa shape index (κ3) is 2.31. The lowest BCUT2D eigenvalue weighted by atomic mass is 10.2. The summed E-state index contributed by atoms with van der Waals surface area (Å²) in [5.41, 5.74) is 0.672. The first-order valence-electron chi connectivity index (χ1n) is 4.18. The third-order valence-electron chi connectivity index (χ3n) is 1.71. The molecular weight excluding hydrogens is 170 g/mol. The van der Waals surface area contributed by atoms with E-state index in [1.165, 1.54) is 0 Å². The molecule has 0 bridgehead atoms. The number of aromatic nitrogens is 1. The maximum absolute atomic E-state index is 10.4. The van der Waals surface area contributed by atoms with Crippen molar-refractivity contribution in [2.24, 2.45) is 0 Å². The number of hydrogen-bond acceptors (Lipinski definition) is 3. The quantitative estimate of drug-likeness (QED) is 0.775. The molecule has 0 unspecified atom stereocenters. The van der Waals surface area contributed by atoms with Crippen LogP contribution in [0.1, 0.15) is 37.1 Å². The van der Waals surface area contributed by atoms with Gasteiger partial charge in [-0.25, -0.2) is 4.98 Å². The summed E-state index contributed by atoms with van der Waals surface area (Å²) in [6, 6.07) is 0. The van der Waals surface area contributed by atoms with Crippen molar-refractivity contribution in [3.63, 3.8) is 0 Å². The Morgan fingerprint density at radius 3 is 2.62 bits per heavy atom. The molecule has 0 spiro atoms. The Bertz CT molecular complexity index is 315. The second-order valence-corrected chi connectivity index (χ2v) is 3.29. The smallest absolute Gasteiger partial charge is 0.311 e. The summed E-state index contributed by atoms with van der Waals surface area (Å²) >= 11 is 0. The molecule has 1 N–H and O–H groups in total. The molecule has 1 aromatic rings. The number of carboxylic acids is 1. The van der Waals surface area contributed by atoms with Crippen molar-refractivity contribution in [2.75, 3.05) is 0 Å².